The molecule has 1 aromatic carbocycles. The molecule has 0 saturated heterocycles. The zero-order valence-corrected chi connectivity index (χ0v) is 13.8. The number of aromatic nitrogens is 2. The molecule has 1 heterocycles. The number of hydrogen-bond acceptors (Lipinski definition) is 2. The second-order valence-electron chi connectivity index (χ2n) is 6.58. The van der Waals surface area contributed by atoms with Gasteiger partial charge in [0.1, 0.15) is 0 Å². The fourth-order valence-corrected chi connectivity index (χ4v) is 2.85. The predicted molar refractivity (Wildman–Crippen MR) is 90.0 cm³/mol. The molecule has 5 heteroatoms. The van der Waals surface area contributed by atoms with Gasteiger partial charge in [0.05, 0.1) is 6.20 Å². The fraction of sp³-hybridized carbons (Fsp3) is 0.444. The molecule has 1 aromatic heterocycles. The molecular formula is C18H24N4O. The molecule has 2 N–H and O–H groups in total. The third-order valence-corrected chi connectivity index (χ3v) is 4.78. The van der Waals surface area contributed by atoms with Gasteiger partial charge in [0.25, 0.3) is 0 Å². The minimum atomic E-state index is -0.104. The lowest BCUT2D eigenvalue weighted by Crippen LogP contribution is -2.39. The topological polar surface area (TPSA) is 59.0 Å². The van der Waals surface area contributed by atoms with Crippen molar-refractivity contribution >= 4 is 6.03 Å². The second-order valence-corrected chi connectivity index (χ2v) is 6.58. The highest BCUT2D eigenvalue weighted by atomic mass is 16.2. The molecule has 1 aliphatic rings. The summed E-state index contributed by atoms with van der Waals surface area (Å²) in [5, 5.41) is 10.1. The summed E-state index contributed by atoms with van der Waals surface area (Å²) in [6.07, 6.45) is 5.21. The molecule has 3 rings (SSSR count). The van der Waals surface area contributed by atoms with Crippen LogP contribution in [-0.2, 0) is 20.0 Å². The van der Waals surface area contributed by atoms with Crippen molar-refractivity contribution in [2.75, 3.05) is 6.54 Å². The van der Waals surface area contributed by atoms with Gasteiger partial charge >= 0.3 is 6.03 Å². The Kier molecular flexibility index (Phi) is 4.37. The van der Waals surface area contributed by atoms with Crippen molar-refractivity contribution in [3.05, 3.63) is 53.3 Å². The number of urea groups is 1. The lowest BCUT2D eigenvalue weighted by molar-refractivity contribution is 0.237. The molecule has 2 amide bonds. The van der Waals surface area contributed by atoms with Gasteiger partial charge in [-0.3, -0.25) is 4.68 Å². The second kappa shape index (κ2) is 6.44. The van der Waals surface area contributed by atoms with Crippen LogP contribution in [0.2, 0.25) is 0 Å². The molecule has 0 atom stereocenters. The van der Waals surface area contributed by atoms with Crippen molar-refractivity contribution < 1.29 is 4.79 Å². The molecule has 122 valence electrons. The highest BCUT2D eigenvalue weighted by Gasteiger charge is 2.42. The lowest BCUT2D eigenvalue weighted by atomic mass is 9.96. The van der Waals surface area contributed by atoms with E-state index in [1.165, 1.54) is 18.4 Å². The van der Waals surface area contributed by atoms with Crippen LogP contribution in [0.4, 0.5) is 4.79 Å². The molecule has 0 unspecified atom stereocenters. The standard InChI is InChI=1S/C18H24N4O/c1-14-16(12-21-22(14)2)11-19-17(23)20-13-18(8-9-18)10-15-6-4-3-5-7-15/h3-7,12H,8-11,13H2,1-2H3,(H2,19,20,23). The number of rotatable bonds is 6. The highest BCUT2D eigenvalue weighted by Crippen LogP contribution is 2.47. The Bertz CT molecular complexity index is 674. The number of carbonyl (C=O) groups excluding carboxylic acids is 1. The number of hydrogen-bond donors (Lipinski definition) is 2. The molecular weight excluding hydrogens is 288 g/mol. The Morgan fingerprint density at radius 1 is 1.26 bits per heavy atom. The zero-order chi connectivity index (χ0) is 16.3. The normalized spacial score (nSPS) is 15.2. The van der Waals surface area contributed by atoms with Crippen molar-refractivity contribution in [3.8, 4) is 0 Å². The smallest absolute Gasteiger partial charge is 0.315 e. The van der Waals surface area contributed by atoms with E-state index in [0.29, 0.717) is 6.54 Å². The molecule has 0 spiro atoms. The van der Waals surface area contributed by atoms with Crippen LogP contribution >= 0.6 is 0 Å². The number of amides is 2. The van der Waals surface area contributed by atoms with Gasteiger partial charge in [-0.05, 0) is 37.2 Å². The number of benzene rings is 1. The summed E-state index contributed by atoms with van der Waals surface area (Å²) in [5.74, 6) is 0. The summed E-state index contributed by atoms with van der Waals surface area (Å²) < 4.78 is 1.81. The van der Waals surface area contributed by atoms with Crippen LogP contribution in [0.3, 0.4) is 0 Å². The molecule has 1 aliphatic carbocycles. The largest absolute Gasteiger partial charge is 0.338 e. The van der Waals surface area contributed by atoms with Crippen molar-refractivity contribution in [1.82, 2.24) is 20.4 Å². The van der Waals surface area contributed by atoms with Gasteiger partial charge in [0.15, 0.2) is 0 Å². The van der Waals surface area contributed by atoms with E-state index in [1.54, 1.807) is 6.20 Å². The third kappa shape index (κ3) is 3.92. The maximum absolute atomic E-state index is 12.0. The Morgan fingerprint density at radius 3 is 2.61 bits per heavy atom. The predicted octanol–water partition coefficient (Wildman–Crippen LogP) is 2.55. The number of carbonyl (C=O) groups is 1. The average Bonchev–Trinajstić information content (AvgIpc) is 3.25. The first kappa shape index (κ1) is 15.6. The molecule has 0 aliphatic heterocycles. The van der Waals surface area contributed by atoms with E-state index in [-0.39, 0.29) is 11.4 Å². The number of nitrogens with zero attached hydrogens (tertiary/aromatic N) is 2. The monoisotopic (exact) mass is 312 g/mol. The van der Waals surface area contributed by atoms with E-state index < -0.39 is 0 Å². The van der Waals surface area contributed by atoms with Gasteiger partial charge in [-0.2, -0.15) is 5.10 Å². The summed E-state index contributed by atoms with van der Waals surface area (Å²) in [6, 6.07) is 10.4. The SMILES string of the molecule is Cc1c(CNC(=O)NCC2(Cc3ccccc3)CC2)cnn1C. The average molecular weight is 312 g/mol. The van der Waals surface area contributed by atoms with Crippen LogP contribution < -0.4 is 10.6 Å². The molecule has 1 fully saturated rings. The summed E-state index contributed by atoms with van der Waals surface area (Å²) in [7, 11) is 1.90. The van der Waals surface area contributed by atoms with Crippen LogP contribution in [0.5, 0.6) is 0 Å². The Morgan fingerprint density at radius 2 is 2.00 bits per heavy atom. The molecule has 2 aromatic rings. The maximum atomic E-state index is 12.0. The van der Waals surface area contributed by atoms with E-state index in [4.69, 9.17) is 0 Å². The van der Waals surface area contributed by atoms with E-state index in [0.717, 1.165) is 24.2 Å². The molecule has 0 radical (unpaired) electrons. The minimum absolute atomic E-state index is 0.104. The Hall–Kier alpha value is -2.30. The molecule has 23 heavy (non-hydrogen) atoms. The van der Waals surface area contributed by atoms with Crippen LogP contribution in [0.25, 0.3) is 0 Å². The first-order valence-electron chi connectivity index (χ1n) is 8.11. The summed E-state index contributed by atoms with van der Waals surface area (Å²) in [6.45, 7) is 3.25. The zero-order valence-electron chi connectivity index (χ0n) is 13.8. The Labute approximate surface area is 137 Å². The van der Waals surface area contributed by atoms with Crippen molar-refractivity contribution in [2.45, 2.75) is 32.7 Å². The minimum Gasteiger partial charge on any atom is -0.338 e. The highest BCUT2D eigenvalue weighted by molar-refractivity contribution is 5.73. The van der Waals surface area contributed by atoms with E-state index in [1.807, 2.05) is 24.7 Å². The van der Waals surface area contributed by atoms with E-state index >= 15 is 0 Å². The number of aryl methyl sites for hydroxylation is 1. The number of nitrogens with one attached hydrogen (secondary N) is 2. The molecule has 5 nitrogen and oxygen atoms in total. The van der Waals surface area contributed by atoms with Gasteiger partial charge < -0.3 is 10.6 Å². The van der Waals surface area contributed by atoms with Gasteiger partial charge in [-0.25, -0.2) is 4.79 Å². The maximum Gasteiger partial charge on any atom is 0.315 e. The lowest BCUT2D eigenvalue weighted by Gasteiger charge is -2.16. The van der Waals surface area contributed by atoms with Crippen LogP contribution in [0, 0.1) is 12.3 Å². The van der Waals surface area contributed by atoms with Gasteiger partial charge in [-0.1, -0.05) is 30.3 Å². The summed E-state index contributed by atoms with van der Waals surface area (Å²) >= 11 is 0. The Balaban J connectivity index is 1.45. The van der Waals surface area contributed by atoms with Gasteiger partial charge in [0.2, 0.25) is 0 Å². The van der Waals surface area contributed by atoms with Crippen molar-refractivity contribution in [2.24, 2.45) is 12.5 Å². The summed E-state index contributed by atoms with van der Waals surface area (Å²) in [5.41, 5.74) is 3.72. The first-order chi connectivity index (χ1) is 11.1. The van der Waals surface area contributed by atoms with Crippen molar-refractivity contribution in [3.63, 3.8) is 0 Å². The molecule has 0 bridgehead atoms. The first-order valence-corrected chi connectivity index (χ1v) is 8.11. The van der Waals surface area contributed by atoms with E-state index in [2.05, 4.69) is 40.0 Å². The van der Waals surface area contributed by atoms with E-state index in [9.17, 15) is 4.79 Å². The molecule has 1 saturated carbocycles. The third-order valence-electron chi connectivity index (χ3n) is 4.78. The van der Waals surface area contributed by atoms with Crippen molar-refractivity contribution in [1.29, 1.82) is 0 Å². The van der Waals surface area contributed by atoms with Crippen LogP contribution in [0.1, 0.15) is 29.7 Å². The quantitative estimate of drug-likeness (QED) is 0.861. The van der Waals surface area contributed by atoms with Crippen LogP contribution in [0.15, 0.2) is 36.5 Å². The van der Waals surface area contributed by atoms with Crippen LogP contribution in [-0.4, -0.2) is 22.4 Å². The van der Waals surface area contributed by atoms with Gasteiger partial charge in [0, 0.05) is 31.4 Å². The summed E-state index contributed by atoms with van der Waals surface area (Å²) in [4.78, 5) is 12.0. The van der Waals surface area contributed by atoms with Gasteiger partial charge in [-0.15, -0.1) is 0 Å². The fourth-order valence-electron chi connectivity index (χ4n) is 2.85.